The third kappa shape index (κ3) is 3.03. The van der Waals surface area contributed by atoms with Gasteiger partial charge in [0, 0.05) is 11.5 Å². The number of rotatable bonds is 3. The van der Waals surface area contributed by atoms with Gasteiger partial charge in [0.2, 0.25) is 0 Å². The van der Waals surface area contributed by atoms with Crippen molar-refractivity contribution in [1.82, 2.24) is 0 Å². The second-order valence-corrected chi connectivity index (χ2v) is 5.58. The molecule has 0 aromatic heterocycles. The monoisotopic (exact) mass is 260 g/mol. The van der Waals surface area contributed by atoms with Crippen LogP contribution in [0.5, 0.6) is 0 Å². The van der Waals surface area contributed by atoms with Crippen molar-refractivity contribution in [3.8, 4) is 0 Å². The molecule has 1 aromatic rings. The van der Waals surface area contributed by atoms with Crippen molar-refractivity contribution in [3.63, 3.8) is 0 Å². The van der Waals surface area contributed by atoms with Gasteiger partial charge in [0.15, 0.2) is 5.78 Å². The van der Waals surface area contributed by atoms with Gasteiger partial charge in [-0.3, -0.25) is 9.59 Å². The summed E-state index contributed by atoms with van der Waals surface area (Å²) in [5.74, 6) is -1.13. The zero-order chi connectivity index (χ0) is 14.0. The summed E-state index contributed by atoms with van der Waals surface area (Å²) >= 11 is 0. The number of carboxylic acids is 1. The number of aliphatic carboxylic acids is 1. The van der Waals surface area contributed by atoms with Gasteiger partial charge >= 0.3 is 5.97 Å². The van der Waals surface area contributed by atoms with E-state index in [9.17, 15) is 9.59 Å². The third-order valence-corrected chi connectivity index (χ3v) is 4.05. The molecular formula is C16H20O3. The van der Waals surface area contributed by atoms with Gasteiger partial charge in [0.1, 0.15) is 0 Å². The third-order valence-electron chi connectivity index (χ3n) is 4.05. The molecule has 3 nitrogen and oxygen atoms in total. The molecule has 1 aromatic carbocycles. The van der Waals surface area contributed by atoms with Crippen molar-refractivity contribution in [1.29, 1.82) is 0 Å². The van der Waals surface area contributed by atoms with E-state index in [-0.39, 0.29) is 17.6 Å². The van der Waals surface area contributed by atoms with Crippen molar-refractivity contribution in [2.24, 2.45) is 11.8 Å². The van der Waals surface area contributed by atoms with Crippen LogP contribution in [0, 0.1) is 25.7 Å². The number of benzene rings is 1. The number of carboxylic acid groups (broad SMARTS) is 1. The minimum Gasteiger partial charge on any atom is -0.481 e. The van der Waals surface area contributed by atoms with Crippen LogP contribution < -0.4 is 0 Å². The van der Waals surface area contributed by atoms with E-state index in [4.69, 9.17) is 5.11 Å². The van der Waals surface area contributed by atoms with E-state index >= 15 is 0 Å². The molecule has 1 fully saturated rings. The number of ketones is 1. The topological polar surface area (TPSA) is 54.4 Å². The molecule has 102 valence electrons. The highest BCUT2D eigenvalue weighted by atomic mass is 16.4. The van der Waals surface area contributed by atoms with Gasteiger partial charge < -0.3 is 5.11 Å². The van der Waals surface area contributed by atoms with Crippen molar-refractivity contribution in [2.75, 3.05) is 0 Å². The quantitative estimate of drug-likeness (QED) is 0.848. The molecule has 2 atom stereocenters. The summed E-state index contributed by atoms with van der Waals surface area (Å²) in [6, 6.07) is 5.87. The minimum atomic E-state index is -0.765. The normalized spacial score (nSPS) is 23.1. The number of carbonyl (C=O) groups is 2. The number of hydrogen-bond donors (Lipinski definition) is 1. The number of carbonyl (C=O) groups excluding carboxylic acids is 1. The molecule has 3 heteroatoms. The van der Waals surface area contributed by atoms with Crippen molar-refractivity contribution >= 4 is 11.8 Å². The second kappa shape index (κ2) is 5.55. The van der Waals surface area contributed by atoms with Gasteiger partial charge in [-0.1, -0.05) is 24.1 Å². The molecule has 0 aliphatic heterocycles. The molecule has 1 saturated carbocycles. The van der Waals surface area contributed by atoms with Gasteiger partial charge in [0.25, 0.3) is 0 Å². The van der Waals surface area contributed by atoms with Crippen molar-refractivity contribution in [3.05, 3.63) is 34.9 Å². The van der Waals surface area contributed by atoms with Crippen molar-refractivity contribution in [2.45, 2.75) is 39.5 Å². The van der Waals surface area contributed by atoms with Crippen LogP contribution in [0.25, 0.3) is 0 Å². The molecule has 0 saturated heterocycles. The lowest BCUT2D eigenvalue weighted by Gasteiger charge is -2.26. The number of hydrogen-bond acceptors (Lipinski definition) is 2. The summed E-state index contributed by atoms with van der Waals surface area (Å²) in [7, 11) is 0. The summed E-state index contributed by atoms with van der Waals surface area (Å²) in [5.41, 5.74) is 2.81. The lowest BCUT2D eigenvalue weighted by molar-refractivity contribution is -0.143. The van der Waals surface area contributed by atoms with Crippen LogP contribution in [0.15, 0.2) is 18.2 Å². The maximum atomic E-state index is 12.5. The van der Waals surface area contributed by atoms with Crippen LogP contribution in [0.3, 0.4) is 0 Å². The fraction of sp³-hybridized carbons (Fsp3) is 0.500. The Morgan fingerprint density at radius 1 is 1.16 bits per heavy atom. The molecule has 19 heavy (non-hydrogen) atoms. The van der Waals surface area contributed by atoms with E-state index in [0.29, 0.717) is 12.8 Å². The molecular weight excluding hydrogens is 240 g/mol. The van der Waals surface area contributed by atoms with Crippen LogP contribution in [0.4, 0.5) is 0 Å². The van der Waals surface area contributed by atoms with Gasteiger partial charge in [-0.2, -0.15) is 0 Å². The Bertz CT molecular complexity index is 505. The van der Waals surface area contributed by atoms with Crippen LogP contribution in [-0.2, 0) is 4.79 Å². The average molecular weight is 260 g/mol. The van der Waals surface area contributed by atoms with Gasteiger partial charge in [-0.15, -0.1) is 0 Å². The summed E-state index contributed by atoms with van der Waals surface area (Å²) in [6.45, 7) is 3.90. The lowest BCUT2D eigenvalue weighted by atomic mass is 9.77. The van der Waals surface area contributed by atoms with E-state index in [0.717, 1.165) is 29.5 Å². The standard InChI is InChI=1S/C16H20O3/c1-10-6-7-11(2)14(8-10)15(17)12-4-3-5-13(9-12)16(18)19/h6-8,12-13H,3-5,9H2,1-2H3,(H,18,19)/t12-,13+/m0/s1. The van der Waals surface area contributed by atoms with E-state index in [1.165, 1.54) is 0 Å². The molecule has 0 unspecified atom stereocenters. The first-order valence-electron chi connectivity index (χ1n) is 6.83. The Morgan fingerprint density at radius 3 is 2.53 bits per heavy atom. The SMILES string of the molecule is Cc1ccc(C)c(C(=O)[C@H]2CCC[C@@H](C(=O)O)C2)c1. The predicted octanol–water partition coefficient (Wildman–Crippen LogP) is 3.38. The van der Waals surface area contributed by atoms with E-state index < -0.39 is 5.97 Å². The van der Waals surface area contributed by atoms with Crippen LogP contribution in [0.1, 0.15) is 47.2 Å². The second-order valence-electron chi connectivity index (χ2n) is 5.58. The molecule has 0 spiro atoms. The van der Waals surface area contributed by atoms with Gasteiger partial charge in [-0.25, -0.2) is 0 Å². The molecule has 0 amide bonds. The number of aryl methyl sites for hydroxylation is 2. The Balaban J connectivity index is 2.19. The molecule has 1 aliphatic rings. The zero-order valence-corrected chi connectivity index (χ0v) is 11.5. The molecule has 0 radical (unpaired) electrons. The largest absolute Gasteiger partial charge is 0.481 e. The fourth-order valence-electron chi connectivity index (χ4n) is 2.87. The van der Waals surface area contributed by atoms with E-state index in [1.54, 1.807) is 0 Å². The highest BCUT2D eigenvalue weighted by molar-refractivity contribution is 5.99. The van der Waals surface area contributed by atoms with Crippen molar-refractivity contribution < 1.29 is 14.7 Å². The smallest absolute Gasteiger partial charge is 0.306 e. The first kappa shape index (κ1) is 13.8. The Kier molecular flexibility index (Phi) is 4.03. The maximum Gasteiger partial charge on any atom is 0.306 e. The summed E-state index contributed by atoms with van der Waals surface area (Å²) in [5, 5.41) is 9.10. The highest BCUT2D eigenvalue weighted by Crippen LogP contribution is 2.32. The van der Waals surface area contributed by atoms with Crippen LogP contribution >= 0.6 is 0 Å². The maximum absolute atomic E-state index is 12.5. The average Bonchev–Trinajstić information content (AvgIpc) is 2.41. The molecule has 0 heterocycles. The van der Waals surface area contributed by atoms with E-state index in [1.807, 2.05) is 32.0 Å². The Morgan fingerprint density at radius 2 is 1.84 bits per heavy atom. The van der Waals surface area contributed by atoms with Crippen LogP contribution in [-0.4, -0.2) is 16.9 Å². The van der Waals surface area contributed by atoms with Gasteiger partial charge in [0.05, 0.1) is 5.92 Å². The molecule has 0 bridgehead atoms. The van der Waals surface area contributed by atoms with E-state index in [2.05, 4.69) is 0 Å². The Labute approximate surface area is 113 Å². The predicted molar refractivity (Wildman–Crippen MR) is 73.3 cm³/mol. The summed E-state index contributed by atoms with van der Waals surface area (Å²) in [4.78, 5) is 23.6. The summed E-state index contributed by atoms with van der Waals surface area (Å²) < 4.78 is 0. The highest BCUT2D eigenvalue weighted by Gasteiger charge is 2.31. The molecule has 1 N–H and O–H groups in total. The zero-order valence-electron chi connectivity index (χ0n) is 11.5. The summed E-state index contributed by atoms with van der Waals surface area (Å²) in [6.07, 6.45) is 2.84. The first-order chi connectivity index (χ1) is 8.99. The first-order valence-corrected chi connectivity index (χ1v) is 6.83. The van der Waals surface area contributed by atoms with Crippen LogP contribution in [0.2, 0.25) is 0 Å². The number of Topliss-reactive ketones (excluding diaryl/α,β-unsaturated/α-hetero) is 1. The minimum absolute atomic E-state index is 0.118. The Hall–Kier alpha value is -1.64. The molecule has 2 rings (SSSR count). The molecule has 1 aliphatic carbocycles. The fourth-order valence-corrected chi connectivity index (χ4v) is 2.87. The lowest BCUT2D eigenvalue weighted by Crippen LogP contribution is -2.27. The van der Waals surface area contributed by atoms with Gasteiger partial charge in [-0.05, 0) is 44.7 Å².